The maximum atomic E-state index is 11.6. The van der Waals surface area contributed by atoms with Crippen LogP contribution in [0.4, 0.5) is 0 Å². The van der Waals surface area contributed by atoms with E-state index >= 15 is 0 Å². The summed E-state index contributed by atoms with van der Waals surface area (Å²) in [5.74, 6) is 0. The molecule has 1 aliphatic heterocycles. The van der Waals surface area contributed by atoms with Gasteiger partial charge in [-0.1, -0.05) is 54.6 Å². The van der Waals surface area contributed by atoms with E-state index in [0.717, 1.165) is 36.2 Å². The summed E-state index contributed by atoms with van der Waals surface area (Å²) in [6, 6.07) is 19.0. The third-order valence-electron chi connectivity index (χ3n) is 5.62. The van der Waals surface area contributed by atoms with Crippen LogP contribution in [0, 0.1) is 6.92 Å². The lowest BCUT2D eigenvalue weighted by molar-refractivity contribution is 0.112. The summed E-state index contributed by atoms with van der Waals surface area (Å²) < 4.78 is 2.28. The van der Waals surface area contributed by atoms with Crippen LogP contribution >= 0.6 is 0 Å². The van der Waals surface area contributed by atoms with E-state index < -0.39 is 0 Å². The van der Waals surface area contributed by atoms with Gasteiger partial charge in [-0.15, -0.1) is 0 Å². The largest absolute Gasteiger partial charge is 0.345 e. The predicted molar refractivity (Wildman–Crippen MR) is 111 cm³/mol. The first-order valence-corrected chi connectivity index (χ1v) is 9.80. The van der Waals surface area contributed by atoms with Crippen molar-refractivity contribution < 1.29 is 4.79 Å². The topological polar surface area (TPSA) is 25.2 Å². The zero-order valence-corrected chi connectivity index (χ0v) is 15.9. The van der Waals surface area contributed by atoms with E-state index in [1.54, 1.807) is 0 Å². The summed E-state index contributed by atoms with van der Waals surface area (Å²) in [7, 11) is 0. The van der Waals surface area contributed by atoms with Crippen LogP contribution in [0.1, 0.15) is 28.8 Å². The van der Waals surface area contributed by atoms with Crippen LogP contribution in [0.2, 0.25) is 0 Å². The Bertz CT molecular complexity index is 921. The minimum atomic E-state index is 0.786. The monoisotopic (exact) mass is 358 g/mol. The third-order valence-corrected chi connectivity index (χ3v) is 5.62. The van der Waals surface area contributed by atoms with Gasteiger partial charge >= 0.3 is 0 Å². The molecule has 27 heavy (non-hydrogen) atoms. The second kappa shape index (κ2) is 7.93. The SMILES string of the molecule is Cc1c(C=O)cn(CCN2CCCC2)c1-c1ccccc1-c1ccccc1. The van der Waals surface area contributed by atoms with Crippen LogP contribution in [0.5, 0.6) is 0 Å². The molecule has 4 rings (SSSR count). The third kappa shape index (κ3) is 3.60. The minimum absolute atomic E-state index is 0.786. The molecule has 0 bridgehead atoms. The molecule has 0 spiro atoms. The second-order valence-corrected chi connectivity index (χ2v) is 7.33. The maximum absolute atomic E-state index is 11.6. The van der Waals surface area contributed by atoms with Crippen LogP contribution in [0.15, 0.2) is 60.8 Å². The smallest absolute Gasteiger partial charge is 0.151 e. The molecule has 1 fully saturated rings. The number of carbonyl (C=O) groups excluding carboxylic acids is 1. The van der Waals surface area contributed by atoms with Gasteiger partial charge in [0.15, 0.2) is 6.29 Å². The number of hydrogen-bond donors (Lipinski definition) is 0. The molecule has 1 saturated heterocycles. The summed E-state index contributed by atoms with van der Waals surface area (Å²) in [4.78, 5) is 14.1. The number of hydrogen-bond acceptors (Lipinski definition) is 2. The summed E-state index contributed by atoms with van der Waals surface area (Å²) >= 11 is 0. The lowest BCUT2D eigenvalue weighted by atomic mass is 9.95. The first kappa shape index (κ1) is 17.7. The second-order valence-electron chi connectivity index (χ2n) is 7.33. The molecule has 0 aliphatic carbocycles. The summed E-state index contributed by atoms with van der Waals surface area (Å²) in [6.07, 6.45) is 5.60. The van der Waals surface area contributed by atoms with Crippen molar-refractivity contribution in [3.63, 3.8) is 0 Å². The summed E-state index contributed by atoms with van der Waals surface area (Å²) in [5.41, 5.74) is 6.61. The standard InChI is InChI=1S/C24H26N2O/c1-19-21(18-27)17-26(16-15-25-13-7-8-14-25)24(19)23-12-6-5-11-22(23)20-9-3-2-4-10-20/h2-6,9-12,17-18H,7-8,13-16H2,1H3. The Balaban J connectivity index is 1.77. The van der Waals surface area contributed by atoms with E-state index in [2.05, 4.69) is 64.9 Å². The molecule has 3 aromatic rings. The van der Waals surface area contributed by atoms with Crippen molar-refractivity contribution in [1.29, 1.82) is 0 Å². The Hall–Kier alpha value is -2.65. The average molecular weight is 358 g/mol. The van der Waals surface area contributed by atoms with E-state index in [0.29, 0.717) is 0 Å². The Morgan fingerprint density at radius 2 is 1.56 bits per heavy atom. The van der Waals surface area contributed by atoms with Gasteiger partial charge < -0.3 is 9.47 Å². The quantitative estimate of drug-likeness (QED) is 0.577. The average Bonchev–Trinajstić information content (AvgIpc) is 3.34. The maximum Gasteiger partial charge on any atom is 0.151 e. The highest BCUT2D eigenvalue weighted by Crippen LogP contribution is 2.35. The fraction of sp³-hybridized carbons (Fsp3) is 0.292. The van der Waals surface area contributed by atoms with Crippen molar-refractivity contribution in [2.75, 3.05) is 19.6 Å². The first-order valence-electron chi connectivity index (χ1n) is 9.80. The van der Waals surface area contributed by atoms with E-state index in [4.69, 9.17) is 0 Å². The first-order chi connectivity index (χ1) is 13.3. The fourth-order valence-corrected chi connectivity index (χ4v) is 4.15. The van der Waals surface area contributed by atoms with Gasteiger partial charge in [-0.05, 0) is 49.5 Å². The lowest BCUT2D eigenvalue weighted by Crippen LogP contribution is -2.24. The molecular formula is C24H26N2O. The predicted octanol–water partition coefficient (Wildman–Crippen LogP) is 5.04. The molecule has 3 nitrogen and oxygen atoms in total. The number of benzene rings is 2. The van der Waals surface area contributed by atoms with Gasteiger partial charge in [0.1, 0.15) is 0 Å². The molecule has 0 amide bonds. The Kier molecular flexibility index (Phi) is 5.21. The Labute approximate surface area is 161 Å². The molecule has 0 atom stereocenters. The van der Waals surface area contributed by atoms with E-state index in [1.807, 2.05) is 12.3 Å². The van der Waals surface area contributed by atoms with Crippen LogP contribution < -0.4 is 0 Å². The van der Waals surface area contributed by atoms with Gasteiger partial charge in [0.2, 0.25) is 0 Å². The highest BCUT2D eigenvalue weighted by molar-refractivity contribution is 5.88. The molecule has 0 unspecified atom stereocenters. The van der Waals surface area contributed by atoms with Crippen LogP contribution in [-0.2, 0) is 6.54 Å². The number of aromatic nitrogens is 1. The van der Waals surface area contributed by atoms with E-state index in [9.17, 15) is 4.79 Å². The van der Waals surface area contributed by atoms with Crippen LogP contribution in [0.25, 0.3) is 22.4 Å². The molecule has 3 heteroatoms. The summed E-state index contributed by atoms with van der Waals surface area (Å²) in [6.45, 7) is 6.39. The van der Waals surface area contributed by atoms with Crippen LogP contribution in [0.3, 0.4) is 0 Å². The van der Waals surface area contributed by atoms with Crippen molar-refractivity contribution >= 4 is 6.29 Å². The van der Waals surface area contributed by atoms with Crippen molar-refractivity contribution in [3.8, 4) is 22.4 Å². The van der Waals surface area contributed by atoms with Gasteiger partial charge in [0.05, 0.1) is 5.69 Å². The number of nitrogens with zero attached hydrogens (tertiary/aromatic N) is 2. The molecule has 0 N–H and O–H groups in total. The number of carbonyl (C=O) groups is 1. The van der Waals surface area contributed by atoms with Crippen molar-refractivity contribution in [3.05, 3.63) is 71.9 Å². The molecular weight excluding hydrogens is 332 g/mol. The molecule has 0 radical (unpaired) electrons. The Morgan fingerprint density at radius 3 is 2.26 bits per heavy atom. The molecule has 0 saturated carbocycles. The number of likely N-dealkylation sites (tertiary alicyclic amines) is 1. The molecule has 2 heterocycles. The number of rotatable bonds is 6. The van der Waals surface area contributed by atoms with Gasteiger partial charge in [0.25, 0.3) is 0 Å². The van der Waals surface area contributed by atoms with E-state index in [-0.39, 0.29) is 0 Å². The molecule has 138 valence electrons. The normalized spacial score (nSPS) is 14.6. The van der Waals surface area contributed by atoms with E-state index in [1.165, 1.54) is 42.6 Å². The van der Waals surface area contributed by atoms with Crippen molar-refractivity contribution in [1.82, 2.24) is 9.47 Å². The minimum Gasteiger partial charge on any atom is -0.345 e. The van der Waals surface area contributed by atoms with Gasteiger partial charge in [0, 0.05) is 30.4 Å². The Morgan fingerprint density at radius 1 is 0.889 bits per heavy atom. The van der Waals surface area contributed by atoms with Crippen molar-refractivity contribution in [2.24, 2.45) is 0 Å². The van der Waals surface area contributed by atoms with Gasteiger partial charge in [-0.3, -0.25) is 4.79 Å². The zero-order chi connectivity index (χ0) is 18.6. The summed E-state index contributed by atoms with van der Waals surface area (Å²) in [5, 5.41) is 0. The van der Waals surface area contributed by atoms with Crippen molar-refractivity contribution in [2.45, 2.75) is 26.3 Å². The van der Waals surface area contributed by atoms with Crippen LogP contribution in [-0.4, -0.2) is 35.4 Å². The molecule has 1 aromatic heterocycles. The fourth-order valence-electron chi connectivity index (χ4n) is 4.15. The highest BCUT2D eigenvalue weighted by Gasteiger charge is 2.18. The van der Waals surface area contributed by atoms with Gasteiger partial charge in [-0.25, -0.2) is 0 Å². The van der Waals surface area contributed by atoms with Gasteiger partial charge in [-0.2, -0.15) is 0 Å². The zero-order valence-electron chi connectivity index (χ0n) is 15.9. The highest BCUT2D eigenvalue weighted by atomic mass is 16.1. The molecule has 1 aliphatic rings. The molecule has 2 aromatic carbocycles. The number of aldehydes is 1. The lowest BCUT2D eigenvalue weighted by Gasteiger charge is -2.18.